The van der Waals surface area contributed by atoms with Gasteiger partial charge in [-0.05, 0) is 77.0 Å². The second-order valence-electron chi connectivity index (χ2n) is 17.9. The fraction of sp³-hybridized carbons (Fsp3) is 0.755. The van der Waals surface area contributed by atoms with Crippen LogP contribution >= 0.6 is 0 Å². The molecule has 2 fully saturated rings. The van der Waals surface area contributed by atoms with Crippen molar-refractivity contribution in [2.24, 2.45) is 0 Å². The van der Waals surface area contributed by atoms with Crippen LogP contribution in [-0.4, -0.2) is 140 Å². The van der Waals surface area contributed by atoms with E-state index in [1.165, 1.54) is 44.9 Å². The maximum Gasteiger partial charge on any atom is 0.220 e. The molecule has 0 aromatic rings. The molecule has 0 aromatic heterocycles. The largest absolute Gasteiger partial charge is 0.394 e. The molecule has 2 heterocycles. The number of ether oxygens (including phenoxy) is 4. The maximum atomic E-state index is 13.2. The molecule has 2 aliphatic rings. The van der Waals surface area contributed by atoms with E-state index in [2.05, 4.69) is 79.9 Å². The van der Waals surface area contributed by atoms with E-state index in [-0.39, 0.29) is 18.9 Å². The average Bonchev–Trinajstić information content (AvgIpc) is 3.32. The first-order valence-corrected chi connectivity index (χ1v) is 25.7. The minimum absolute atomic E-state index is 0.255. The smallest absolute Gasteiger partial charge is 0.220 e. The molecule has 1 amide bonds. The molecule has 0 aromatic carbocycles. The summed E-state index contributed by atoms with van der Waals surface area (Å²) < 4.78 is 22.7. The molecular formula is C53H91NO13. The van der Waals surface area contributed by atoms with E-state index in [0.29, 0.717) is 12.8 Å². The lowest BCUT2D eigenvalue weighted by atomic mass is 9.97. The fourth-order valence-electron chi connectivity index (χ4n) is 7.92. The topological polar surface area (TPSA) is 228 Å². The Morgan fingerprint density at radius 2 is 1.04 bits per heavy atom. The van der Waals surface area contributed by atoms with Crippen LogP contribution in [0.25, 0.3) is 0 Å². The van der Waals surface area contributed by atoms with E-state index in [4.69, 9.17) is 18.9 Å². The molecule has 2 aliphatic heterocycles. The molecule has 0 bridgehead atoms. The number of unbranched alkanes of at least 4 members (excludes halogenated alkanes) is 15. The second-order valence-corrected chi connectivity index (χ2v) is 17.9. The first-order chi connectivity index (χ1) is 32.6. The summed E-state index contributed by atoms with van der Waals surface area (Å²) in [6, 6.07) is -0.945. The first-order valence-electron chi connectivity index (χ1n) is 25.7. The van der Waals surface area contributed by atoms with Gasteiger partial charge in [0.15, 0.2) is 12.6 Å². The lowest BCUT2D eigenvalue weighted by Gasteiger charge is -2.46. The van der Waals surface area contributed by atoms with Crippen molar-refractivity contribution in [1.29, 1.82) is 0 Å². The fourth-order valence-corrected chi connectivity index (χ4v) is 7.92. The molecule has 0 radical (unpaired) electrons. The summed E-state index contributed by atoms with van der Waals surface area (Å²) in [7, 11) is 0. The predicted octanol–water partition coefficient (Wildman–Crippen LogP) is 6.82. The van der Waals surface area contributed by atoms with Crippen molar-refractivity contribution >= 4 is 5.91 Å². The van der Waals surface area contributed by atoms with Crippen LogP contribution in [0.1, 0.15) is 162 Å². The Hall–Kier alpha value is -2.57. The molecule has 386 valence electrons. The van der Waals surface area contributed by atoms with Crippen LogP contribution in [0.15, 0.2) is 72.9 Å². The molecule has 0 spiro atoms. The molecule has 12 atom stereocenters. The summed E-state index contributed by atoms with van der Waals surface area (Å²) >= 11 is 0. The molecule has 0 aliphatic carbocycles. The predicted molar refractivity (Wildman–Crippen MR) is 263 cm³/mol. The number of hydrogen-bond acceptors (Lipinski definition) is 13. The third-order valence-electron chi connectivity index (χ3n) is 12.1. The van der Waals surface area contributed by atoms with Gasteiger partial charge in [0.1, 0.15) is 48.8 Å². The highest BCUT2D eigenvalue weighted by atomic mass is 16.7. The van der Waals surface area contributed by atoms with Crippen LogP contribution in [0, 0.1) is 0 Å². The quantitative estimate of drug-likeness (QED) is 0.0229. The summed E-state index contributed by atoms with van der Waals surface area (Å²) in [4.78, 5) is 13.2. The lowest BCUT2D eigenvalue weighted by molar-refractivity contribution is -0.359. The van der Waals surface area contributed by atoms with Gasteiger partial charge >= 0.3 is 0 Å². The molecule has 9 N–H and O–H groups in total. The normalized spacial score (nSPS) is 27.2. The van der Waals surface area contributed by atoms with Gasteiger partial charge in [0.05, 0.1) is 32.0 Å². The number of allylic oxidation sites excluding steroid dienone is 11. The Morgan fingerprint density at radius 1 is 0.552 bits per heavy atom. The van der Waals surface area contributed by atoms with Gasteiger partial charge in [-0.3, -0.25) is 4.79 Å². The minimum atomic E-state index is -1.80. The summed E-state index contributed by atoms with van der Waals surface area (Å²) in [5.74, 6) is -0.268. The van der Waals surface area contributed by atoms with Gasteiger partial charge in [0, 0.05) is 6.42 Å². The summed E-state index contributed by atoms with van der Waals surface area (Å²) in [6.45, 7) is 2.61. The molecular weight excluding hydrogens is 859 g/mol. The Balaban J connectivity index is 1.88. The van der Waals surface area contributed by atoms with Gasteiger partial charge < -0.3 is 65.1 Å². The maximum absolute atomic E-state index is 13.2. The van der Waals surface area contributed by atoms with Gasteiger partial charge in [-0.1, -0.05) is 151 Å². The van der Waals surface area contributed by atoms with Crippen molar-refractivity contribution in [3.63, 3.8) is 0 Å². The van der Waals surface area contributed by atoms with Gasteiger partial charge in [-0.15, -0.1) is 0 Å². The summed E-state index contributed by atoms with van der Waals surface area (Å²) in [5.41, 5.74) is 0. The Morgan fingerprint density at radius 3 is 1.64 bits per heavy atom. The van der Waals surface area contributed by atoms with E-state index < -0.39 is 86.8 Å². The van der Waals surface area contributed by atoms with E-state index in [1.807, 2.05) is 6.08 Å². The monoisotopic (exact) mass is 950 g/mol. The number of carbonyl (C=O) groups is 1. The van der Waals surface area contributed by atoms with Gasteiger partial charge in [0.2, 0.25) is 5.91 Å². The van der Waals surface area contributed by atoms with Gasteiger partial charge in [0.25, 0.3) is 0 Å². The van der Waals surface area contributed by atoms with E-state index in [0.717, 1.165) is 83.5 Å². The van der Waals surface area contributed by atoms with Crippen LogP contribution in [0.4, 0.5) is 0 Å². The van der Waals surface area contributed by atoms with Crippen molar-refractivity contribution in [1.82, 2.24) is 5.32 Å². The van der Waals surface area contributed by atoms with Gasteiger partial charge in [-0.2, -0.15) is 0 Å². The first kappa shape index (κ1) is 60.6. The SMILES string of the molecule is CC/C=C\C/C=C\C/C=C\CCCCCCCCCC(=O)NC(COC1OC(CO)C(OC2OC(CO)C(O)C(O)C2O)C(O)C1O)C(O)/C=C/CC/C=C/CC/C=C/CCCCCCCC. The third kappa shape index (κ3) is 26.3. The molecule has 14 heteroatoms. The third-order valence-corrected chi connectivity index (χ3v) is 12.1. The molecule has 14 nitrogen and oxygen atoms in total. The number of aliphatic hydroxyl groups is 8. The number of carbonyl (C=O) groups excluding carboxylic acids is 1. The molecule has 12 unspecified atom stereocenters. The highest BCUT2D eigenvalue weighted by molar-refractivity contribution is 5.76. The molecule has 0 saturated carbocycles. The zero-order valence-electron chi connectivity index (χ0n) is 40.9. The second kappa shape index (κ2) is 39.2. The van der Waals surface area contributed by atoms with Crippen molar-refractivity contribution < 1.29 is 64.6 Å². The Labute approximate surface area is 402 Å². The van der Waals surface area contributed by atoms with Crippen molar-refractivity contribution in [2.45, 2.75) is 235 Å². The summed E-state index contributed by atoms with van der Waals surface area (Å²) in [6.07, 6.45) is 32.2. The highest BCUT2D eigenvalue weighted by Gasteiger charge is 2.51. The Kier molecular flexibility index (Phi) is 35.4. The van der Waals surface area contributed by atoms with Crippen LogP contribution in [0.3, 0.4) is 0 Å². The average molecular weight is 950 g/mol. The number of hydrogen-bond donors (Lipinski definition) is 9. The zero-order valence-corrected chi connectivity index (χ0v) is 40.9. The van der Waals surface area contributed by atoms with Crippen molar-refractivity contribution in [2.75, 3.05) is 19.8 Å². The standard InChI is InChI=1S/C53H91NO13/c1-3-5-7-9-11-13-15-17-19-21-23-25-27-29-31-33-35-37-45(58)54-41(42(57)36-34-32-30-28-26-24-22-20-18-16-14-12-10-8-6-4-2)40-64-52-50(63)48(61)51(44(39-56)66-52)67-53-49(62)47(60)46(59)43(38-55)65-53/h5,7,11,13,17-20,26,28,34,36,41-44,46-53,55-57,59-63H,3-4,6,8-10,12,14-16,21-25,27,29-33,35,37-40H2,1-2H3,(H,54,58)/b7-5-,13-11-,19-17-,20-18+,28-26+,36-34+. The molecule has 2 saturated heterocycles. The summed E-state index contributed by atoms with van der Waals surface area (Å²) in [5, 5.41) is 86.7. The highest BCUT2D eigenvalue weighted by Crippen LogP contribution is 2.30. The number of aliphatic hydroxyl groups excluding tert-OH is 8. The zero-order chi connectivity index (χ0) is 48.9. The van der Waals surface area contributed by atoms with Crippen LogP contribution in [0.2, 0.25) is 0 Å². The number of amides is 1. The lowest BCUT2D eigenvalue weighted by Crippen LogP contribution is -2.65. The molecule has 2 rings (SSSR count). The van der Waals surface area contributed by atoms with E-state index in [9.17, 15) is 45.6 Å². The minimum Gasteiger partial charge on any atom is -0.394 e. The van der Waals surface area contributed by atoms with Crippen LogP contribution in [0.5, 0.6) is 0 Å². The van der Waals surface area contributed by atoms with Gasteiger partial charge in [-0.25, -0.2) is 0 Å². The van der Waals surface area contributed by atoms with Crippen LogP contribution in [-0.2, 0) is 23.7 Å². The number of rotatable bonds is 38. The van der Waals surface area contributed by atoms with E-state index >= 15 is 0 Å². The van der Waals surface area contributed by atoms with Crippen molar-refractivity contribution in [3.05, 3.63) is 72.9 Å². The van der Waals surface area contributed by atoms with Crippen LogP contribution < -0.4 is 5.32 Å². The molecule has 67 heavy (non-hydrogen) atoms. The van der Waals surface area contributed by atoms with Crippen molar-refractivity contribution in [3.8, 4) is 0 Å². The Bertz CT molecular complexity index is 1400. The number of nitrogens with one attached hydrogen (secondary N) is 1. The van der Waals surface area contributed by atoms with E-state index in [1.54, 1.807) is 6.08 Å².